The van der Waals surface area contributed by atoms with E-state index in [0.717, 1.165) is 12.5 Å². The number of aryl methyl sites for hydroxylation is 1. The summed E-state index contributed by atoms with van der Waals surface area (Å²) in [6.45, 7) is 2.25. The fourth-order valence-corrected chi connectivity index (χ4v) is 2.01. The van der Waals surface area contributed by atoms with E-state index < -0.39 is 17.6 Å². The highest BCUT2D eigenvalue weighted by Gasteiger charge is 2.16. The van der Waals surface area contributed by atoms with Crippen LogP contribution in [0.4, 0.5) is 14.5 Å². The minimum atomic E-state index is -1.01. The van der Waals surface area contributed by atoms with Crippen LogP contribution in [0, 0.1) is 11.6 Å². The van der Waals surface area contributed by atoms with Gasteiger partial charge in [0, 0.05) is 18.3 Å². The number of anilines is 1. The van der Waals surface area contributed by atoms with Gasteiger partial charge >= 0.3 is 5.97 Å². The molecule has 2 N–H and O–H groups in total. The first kappa shape index (κ1) is 15.0. The highest BCUT2D eigenvalue weighted by atomic mass is 19.2. The van der Waals surface area contributed by atoms with Gasteiger partial charge in [0.1, 0.15) is 12.3 Å². The number of halogens is 2. The van der Waals surface area contributed by atoms with Crippen LogP contribution in [0.15, 0.2) is 30.5 Å². The summed E-state index contributed by atoms with van der Waals surface area (Å²) in [5.74, 6) is -2.60. The number of nitrogens with zero attached hydrogens (tertiary/aromatic N) is 1. The topological polar surface area (TPSA) is 57.2 Å². The van der Waals surface area contributed by atoms with Gasteiger partial charge in [-0.1, -0.05) is 19.1 Å². The average molecular weight is 294 g/mol. The molecule has 0 saturated carbocycles. The molecule has 1 aromatic carbocycles. The summed E-state index contributed by atoms with van der Waals surface area (Å²) in [4.78, 5) is 12.0. The van der Waals surface area contributed by atoms with Gasteiger partial charge in [0.25, 0.3) is 0 Å². The molecule has 0 unspecified atom stereocenters. The molecule has 1 aromatic heterocycles. The first-order chi connectivity index (χ1) is 10.0. The number of rotatable bonds is 5. The molecule has 4 nitrogen and oxygen atoms in total. The van der Waals surface area contributed by atoms with Gasteiger partial charge in [-0.25, -0.2) is 13.6 Å². The van der Waals surface area contributed by atoms with E-state index in [0.29, 0.717) is 17.9 Å². The standard InChI is InChI=1S/C15H16F2N2O2/c1-2-6-19-8-11(18)7-13(19)15(20)21-9-10-4-3-5-12(16)14(10)17/h3-5,7-8H,2,6,9,18H2,1H3. The zero-order valence-electron chi connectivity index (χ0n) is 11.6. The van der Waals surface area contributed by atoms with Crippen LogP contribution in [0.3, 0.4) is 0 Å². The third-order valence-corrected chi connectivity index (χ3v) is 2.98. The first-order valence-electron chi connectivity index (χ1n) is 6.58. The molecule has 0 spiro atoms. The Hall–Kier alpha value is -2.37. The predicted molar refractivity (Wildman–Crippen MR) is 74.6 cm³/mol. The second-order valence-corrected chi connectivity index (χ2v) is 4.64. The predicted octanol–water partition coefficient (Wildman–Crippen LogP) is 3.12. The number of carbonyl (C=O) groups is 1. The van der Waals surface area contributed by atoms with Crippen molar-refractivity contribution in [1.29, 1.82) is 0 Å². The number of nitrogens with two attached hydrogens (primary N) is 1. The Bertz CT molecular complexity index is 653. The molecular weight excluding hydrogens is 278 g/mol. The van der Waals surface area contributed by atoms with Gasteiger partial charge < -0.3 is 15.0 Å². The molecular formula is C15H16F2N2O2. The number of hydrogen-bond donors (Lipinski definition) is 1. The number of ether oxygens (including phenoxy) is 1. The van der Waals surface area contributed by atoms with E-state index in [1.54, 1.807) is 10.8 Å². The highest BCUT2D eigenvalue weighted by Crippen LogP contribution is 2.16. The molecule has 2 aromatic rings. The zero-order chi connectivity index (χ0) is 15.4. The Morgan fingerprint density at radius 2 is 2.14 bits per heavy atom. The van der Waals surface area contributed by atoms with Crippen molar-refractivity contribution in [3.8, 4) is 0 Å². The molecule has 0 aliphatic carbocycles. The fraction of sp³-hybridized carbons (Fsp3) is 0.267. The third kappa shape index (κ3) is 3.39. The molecule has 0 atom stereocenters. The van der Waals surface area contributed by atoms with E-state index in [9.17, 15) is 13.6 Å². The normalized spacial score (nSPS) is 10.6. The van der Waals surface area contributed by atoms with Crippen LogP contribution in [-0.2, 0) is 17.9 Å². The summed E-state index contributed by atoms with van der Waals surface area (Å²) in [5.41, 5.74) is 6.40. The van der Waals surface area contributed by atoms with E-state index in [1.807, 2.05) is 6.92 Å². The molecule has 0 saturated heterocycles. The van der Waals surface area contributed by atoms with Gasteiger partial charge in [-0.15, -0.1) is 0 Å². The number of carbonyl (C=O) groups excluding carboxylic acids is 1. The molecule has 112 valence electrons. The number of aromatic nitrogens is 1. The second kappa shape index (κ2) is 6.39. The monoisotopic (exact) mass is 294 g/mol. The Labute approximate surface area is 121 Å². The van der Waals surface area contributed by atoms with Crippen molar-refractivity contribution >= 4 is 11.7 Å². The summed E-state index contributed by atoms with van der Waals surface area (Å²) < 4.78 is 33.2. The minimum absolute atomic E-state index is 0.00933. The largest absolute Gasteiger partial charge is 0.456 e. The quantitative estimate of drug-likeness (QED) is 0.862. The number of benzene rings is 1. The first-order valence-corrected chi connectivity index (χ1v) is 6.58. The lowest BCUT2D eigenvalue weighted by Gasteiger charge is -2.08. The van der Waals surface area contributed by atoms with E-state index in [-0.39, 0.29) is 12.2 Å². The lowest BCUT2D eigenvalue weighted by Crippen LogP contribution is -2.12. The smallest absolute Gasteiger partial charge is 0.355 e. The second-order valence-electron chi connectivity index (χ2n) is 4.64. The van der Waals surface area contributed by atoms with Crippen LogP contribution in [0.5, 0.6) is 0 Å². The fourth-order valence-electron chi connectivity index (χ4n) is 2.01. The molecule has 6 heteroatoms. The van der Waals surface area contributed by atoms with Crippen LogP contribution in [0.2, 0.25) is 0 Å². The number of hydrogen-bond acceptors (Lipinski definition) is 3. The highest BCUT2D eigenvalue weighted by molar-refractivity contribution is 5.89. The van der Waals surface area contributed by atoms with Crippen molar-refractivity contribution in [2.24, 2.45) is 0 Å². The average Bonchev–Trinajstić information content (AvgIpc) is 2.81. The SMILES string of the molecule is CCCn1cc(N)cc1C(=O)OCc1cccc(F)c1F. The van der Waals surface area contributed by atoms with E-state index in [2.05, 4.69) is 0 Å². The summed E-state index contributed by atoms with van der Waals surface area (Å²) >= 11 is 0. The summed E-state index contributed by atoms with van der Waals surface area (Å²) in [6.07, 6.45) is 2.47. The third-order valence-electron chi connectivity index (χ3n) is 2.98. The molecule has 0 amide bonds. The van der Waals surface area contributed by atoms with E-state index in [4.69, 9.17) is 10.5 Å². The van der Waals surface area contributed by atoms with Crippen molar-refractivity contribution in [3.63, 3.8) is 0 Å². The van der Waals surface area contributed by atoms with Crippen LogP contribution in [0.25, 0.3) is 0 Å². The van der Waals surface area contributed by atoms with Gasteiger partial charge in [0.05, 0.1) is 5.69 Å². The van der Waals surface area contributed by atoms with Crippen LogP contribution in [-0.4, -0.2) is 10.5 Å². The van der Waals surface area contributed by atoms with Crippen LogP contribution >= 0.6 is 0 Å². The van der Waals surface area contributed by atoms with Crippen molar-refractivity contribution in [2.75, 3.05) is 5.73 Å². The van der Waals surface area contributed by atoms with Crippen molar-refractivity contribution < 1.29 is 18.3 Å². The summed E-state index contributed by atoms with van der Waals surface area (Å²) in [6, 6.07) is 5.23. The molecule has 0 fully saturated rings. The van der Waals surface area contributed by atoms with Crippen LogP contribution < -0.4 is 5.73 Å². The van der Waals surface area contributed by atoms with Gasteiger partial charge in [0.15, 0.2) is 11.6 Å². The van der Waals surface area contributed by atoms with Gasteiger partial charge in [0.2, 0.25) is 0 Å². The Balaban J connectivity index is 2.10. The Morgan fingerprint density at radius 1 is 1.38 bits per heavy atom. The number of nitrogen functional groups attached to an aromatic ring is 1. The lowest BCUT2D eigenvalue weighted by molar-refractivity contribution is 0.0455. The summed E-state index contributed by atoms with van der Waals surface area (Å²) in [7, 11) is 0. The molecule has 0 aliphatic rings. The maximum Gasteiger partial charge on any atom is 0.355 e. The zero-order valence-corrected chi connectivity index (χ0v) is 11.6. The minimum Gasteiger partial charge on any atom is -0.456 e. The van der Waals surface area contributed by atoms with Gasteiger partial charge in [-0.2, -0.15) is 0 Å². The number of esters is 1. The van der Waals surface area contributed by atoms with Crippen molar-refractivity contribution in [1.82, 2.24) is 4.57 Å². The summed E-state index contributed by atoms with van der Waals surface area (Å²) in [5, 5.41) is 0. The maximum absolute atomic E-state index is 13.5. The molecule has 0 bridgehead atoms. The lowest BCUT2D eigenvalue weighted by atomic mass is 10.2. The van der Waals surface area contributed by atoms with E-state index in [1.165, 1.54) is 18.2 Å². The molecule has 1 heterocycles. The molecule has 2 rings (SSSR count). The van der Waals surface area contributed by atoms with Crippen molar-refractivity contribution in [2.45, 2.75) is 26.5 Å². The van der Waals surface area contributed by atoms with Crippen LogP contribution in [0.1, 0.15) is 29.4 Å². The Kier molecular flexibility index (Phi) is 4.57. The van der Waals surface area contributed by atoms with Gasteiger partial charge in [-0.05, 0) is 18.6 Å². The van der Waals surface area contributed by atoms with E-state index >= 15 is 0 Å². The van der Waals surface area contributed by atoms with Gasteiger partial charge in [-0.3, -0.25) is 0 Å². The maximum atomic E-state index is 13.5. The molecule has 0 aliphatic heterocycles. The molecule has 21 heavy (non-hydrogen) atoms. The van der Waals surface area contributed by atoms with Crippen molar-refractivity contribution in [3.05, 3.63) is 53.4 Å². The Morgan fingerprint density at radius 3 is 2.86 bits per heavy atom. The molecule has 0 radical (unpaired) electrons.